The van der Waals surface area contributed by atoms with Crippen LogP contribution in [0.5, 0.6) is 0 Å². The van der Waals surface area contributed by atoms with Gasteiger partial charge in [-0.15, -0.1) is 0 Å². The van der Waals surface area contributed by atoms with Crippen molar-refractivity contribution in [1.82, 2.24) is 14.9 Å². The van der Waals surface area contributed by atoms with Gasteiger partial charge in [0.05, 0.1) is 6.04 Å². The molecule has 1 aromatic heterocycles. The number of halogens is 1. The number of nitrogens with one attached hydrogen (secondary N) is 1. The van der Waals surface area contributed by atoms with E-state index < -0.39 is 0 Å². The molecule has 25 heavy (non-hydrogen) atoms. The Morgan fingerprint density at radius 3 is 2.76 bits per heavy atom. The Balaban J connectivity index is 1.61. The van der Waals surface area contributed by atoms with Gasteiger partial charge in [0.15, 0.2) is 5.16 Å². The number of thioether (sulfide) groups is 1. The van der Waals surface area contributed by atoms with E-state index in [1.165, 1.54) is 12.6 Å². The van der Waals surface area contributed by atoms with Crippen molar-refractivity contribution in [3.63, 3.8) is 0 Å². The molecule has 7 heteroatoms. The fourth-order valence-corrected chi connectivity index (χ4v) is 4.49. The van der Waals surface area contributed by atoms with Crippen LogP contribution < -0.4 is 10.9 Å². The molecule has 5 nitrogen and oxygen atoms in total. The molecule has 1 fully saturated rings. The zero-order valence-corrected chi connectivity index (χ0v) is 16.0. The summed E-state index contributed by atoms with van der Waals surface area (Å²) in [5.74, 6) is 0.923. The summed E-state index contributed by atoms with van der Waals surface area (Å²) >= 11 is 4.99. The predicted octanol–water partition coefficient (Wildman–Crippen LogP) is 3.38. The summed E-state index contributed by atoms with van der Waals surface area (Å²) in [7, 11) is 0. The molecule has 1 N–H and O–H groups in total. The maximum atomic E-state index is 12.8. The fourth-order valence-electron chi connectivity index (χ4n) is 3.31. The van der Waals surface area contributed by atoms with Gasteiger partial charge < -0.3 is 5.32 Å². The highest BCUT2D eigenvalue weighted by molar-refractivity contribution is 9.10. The quantitative estimate of drug-likeness (QED) is 0.771. The second-order valence-corrected chi connectivity index (χ2v) is 8.43. The molecule has 1 amide bonds. The van der Waals surface area contributed by atoms with E-state index in [0.29, 0.717) is 17.6 Å². The standard InChI is InChI=1S/C18H18BrN3O2S/c19-13-6-4-12(5-7-13)15(11-2-1-3-11)21-16(23)14-10-20-18-22(17(14)24)8-9-25-18/h4-7,10-11,15H,1-3,8-9H2,(H,21,23)/t15-/m1/s1. The lowest BCUT2D eigenvalue weighted by Crippen LogP contribution is -2.39. The van der Waals surface area contributed by atoms with Gasteiger partial charge in [0.2, 0.25) is 0 Å². The maximum Gasteiger partial charge on any atom is 0.267 e. The van der Waals surface area contributed by atoms with E-state index >= 15 is 0 Å². The molecule has 0 unspecified atom stereocenters. The van der Waals surface area contributed by atoms with Gasteiger partial charge in [-0.3, -0.25) is 14.2 Å². The van der Waals surface area contributed by atoms with E-state index in [1.54, 1.807) is 16.3 Å². The summed E-state index contributed by atoms with van der Waals surface area (Å²) in [5.41, 5.74) is 0.967. The number of carbonyl (C=O) groups excluding carboxylic acids is 1. The van der Waals surface area contributed by atoms with Crippen molar-refractivity contribution < 1.29 is 4.79 Å². The normalized spacial score (nSPS) is 17.6. The van der Waals surface area contributed by atoms with E-state index in [9.17, 15) is 9.59 Å². The van der Waals surface area contributed by atoms with Crippen LogP contribution in [0.2, 0.25) is 0 Å². The Hall–Kier alpha value is -1.60. The Morgan fingerprint density at radius 1 is 1.32 bits per heavy atom. The second kappa shape index (κ2) is 6.96. The van der Waals surface area contributed by atoms with Gasteiger partial charge in [-0.25, -0.2) is 4.98 Å². The highest BCUT2D eigenvalue weighted by Crippen LogP contribution is 2.38. The Kier molecular flexibility index (Phi) is 4.69. The largest absolute Gasteiger partial charge is 0.345 e. The number of hydrogen-bond acceptors (Lipinski definition) is 4. The summed E-state index contributed by atoms with van der Waals surface area (Å²) in [6, 6.07) is 7.95. The van der Waals surface area contributed by atoms with Crippen molar-refractivity contribution in [2.45, 2.75) is 37.0 Å². The SMILES string of the molecule is O=C(N[C@@H](c1ccc(Br)cc1)C1CCC1)c1cnc2n(c1=O)CCS2. The molecule has 2 aliphatic rings. The van der Waals surface area contributed by atoms with Gasteiger partial charge >= 0.3 is 0 Å². The van der Waals surface area contributed by atoms with Crippen molar-refractivity contribution >= 4 is 33.6 Å². The number of nitrogens with zero attached hydrogens (tertiary/aromatic N) is 2. The fraction of sp³-hybridized carbons (Fsp3) is 0.389. The lowest BCUT2D eigenvalue weighted by atomic mass is 9.77. The van der Waals surface area contributed by atoms with Crippen LogP contribution in [-0.4, -0.2) is 21.2 Å². The van der Waals surface area contributed by atoms with Crippen molar-refractivity contribution in [2.75, 3.05) is 5.75 Å². The van der Waals surface area contributed by atoms with Crippen LogP contribution in [0, 0.1) is 5.92 Å². The van der Waals surface area contributed by atoms with Crippen LogP contribution in [0.3, 0.4) is 0 Å². The topological polar surface area (TPSA) is 64.0 Å². The summed E-state index contributed by atoms with van der Waals surface area (Å²) in [5, 5.41) is 3.79. The highest BCUT2D eigenvalue weighted by Gasteiger charge is 2.31. The first-order chi connectivity index (χ1) is 12.1. The minimum absolute atomic E-state index is 0.0682. The second-order valence-electron chi connectivity index (χ2n) is 6.45. The lowest BCUT2D eigenvalue weighted by molar-refractivity contribution is 0.0897. The summed E-state index contributed by atoms with van der Waals surface area (Å²) in [4.78, 5) is 29.6. The molecule has 1 saturated carbocycles. The van der Waals surface area contributed by atoms with Crippen molar-refractivity contribution in [1.29, 1.82) is 0 Å². The molecular weight excluding hydrogens is 402 g/mol. The summed E-state index contributed by atoms with van der Waals surface area (Å²) < 4.78 is 2.60. The van der Waals surface area contributed by atoms with Gasteiger partial charge in [0.25, 0.3) is 11.5 Å². The molecule has 0 spiro atoms. The van der Waals surface area contributed by atoms with Crippen LogP contribution in [0.1, 0.15) is 41.2 Å². The van der Waals surface area contributed by atoms with Crippen molar-refractivity contribution in [3.8, 4) is 0 Å². The number of amides is 1. The monoisotopic (exact) mass is 419 g/mol. The minimum Gasteiger partial charge on any atom is -0.345 e. The third-order valence-electron chi connectivity index (χ3n) is 4.94. The van der Waals surface area contributed by atoms with Crippen LogP contribution in [-0.2, 0) is 6.54 Å². The Labute approximate surface area is 158 Å². The average molecular weight is 420 g/mol. The van der Waals surface area contributed by atoms with E-state index in [2.05, 4.69) is 26.2 Å². The van der Waals surface area contributed by atoms with Crippen LogP contribution >= 0.6 is 27.7 Å². The zero-order chi connectivity index (χ0) is 17.4. The smallest absolute Gasteiger partial charge is 0.267 e. The first-order valence-corrected chi connectivity index (χ1v) is 10.2. The number of benzene rings is 1. The average Bonchev–Trinajstić information content (AvgIpc) is 3.03. The van der Waals surface area contributed by atoms with Crippen LogP contribution in [0.25, 0.3) is 0 Å². The molecule has 0 bridgehead atoms. The van der Waals surface area contributed by atoms with Gasteiger partial charge in [-0.2, -0.15) is 0 Å². The Bertz CT molecular complexity index is 862. The van der Waals surface area contributed by atoms with Crippen LogP contribution in [0.4, 0.5) is 0 Å². The third-order valence-corrected chi connectivity index (χ3v) is 6.44. The molecule has 1 aliphatic heterocycles. The first-order valence-electron chi connectivity index (χ1n) is 8.42. The summed E-state index contributed by atoms with van der Waals surface area (Å²) in [6.45, 7) is 0.617. The molecule has 4 rings (SSSR count). The van der Waals surface area contributed by atoms with Crippen molar-refractivity contribution in [3.05, 3.63) is 56.4 Å². The van der Waals surface area contributed by atoms with Crippen molar-refractivity contribution in [2.24, 2.45) is 5.92 Å². The minimum atomic E-state index is -0.329. The number of rotatable bonds is 4. The molecule has 2 aromatic rings. The first kappa shape index (κ1) is 16.8. The van der Waals surface area contributed by atoms with Gasteiger partial charge in [-0.1, -0.05) is 46.2 Å². The van der Waals surface area contributed by atoms with Gasteiger partial charge in [-0.05, 0) is 36.5 Å². The summed E-state index contributed by atoms with van der Waals surface area (Å²) in [6.07, 6.45) is 4.80. The molecule has 1 aromatic carbocycles. The van der Waals surface area contributed by atoms with E-state index in [4.69, 9.17) is 0 Å². The number of hydrogen-bond donors (Lipinski definition) is 1. The van der Waals surface area contributed by atoms with Crippen LogP contribution in [0.15, 0.2) is 44.9 Å². The van der Waals surface area contributed by atoms with E-state index in [1.807, 2.05) is 24.3 Å². The molecule has 1 aliphatic carbocycles. The van der Waals surface area contributed by atoms with Gasteiger partial charge in [0, 0.05) is 23.0 Å². The Morgan fingerprint density at radius 2 is 2.08 bits per heavy atom. The molecule has 1 atom stereocenters. The molecule has 130 valence electrons. The number of fused-ring (bicyclic) bond motifs is 1. The number of aromatic nitrogens is 2. The van der Waals surface area contributed by atoms with Gasteiger partial charge in [0.1, 0.15) is 5.56 Å². The lowest BCUT2D eigenvalue weighted by Gasteiger charge is -2.34. The molecule has 0 radical (unpaired) electrons. The van der Waals surface area contributed by atoms with E-state index in [0.717, 1.165) is 28.6 Å². The molecular formula is C18H18BrN3O2S. The van der Waals surface area contributed by atoms with E-state index in [-0.39, 0.29) is 23.1 Å². The molecule has 0 saturated heterocycles. The number of carbonyl (C=O) groups is 1. The highest BCUT2D eigenvalue weighted by atomic mass is 79.9. The predicted molar refractivity (Wildman–Crippen MR) is 101 cm³/mol. The maximum absolute atomic E-state index is 12.8. The third kappa shape index (κ3) is 3.27. The zero-order valence-electron chi connectivity index (χ0n) is 13.6. The molecule has 2 heterocycles.